The summed E-state index contributed by atoms with van der Waals surface area (Å²) >= 11 is 0. The van der Waals surface area contributed by atoms with Crippen LogP contribution in [0.3, 0.4) is 0 Å². The highest BCUT2D eigenvalue weighted by Crippen LogP contribution is 2.26. The number of sulfonamides is 1. The number of amides is 1. The van der Waals surface area contributed by atoms with Crippen LogP contribution in [0.4, 0.5) is 0 Å². The van der Waals surface area contributed by atoms with Crippen LogP contribution in [0.25, 0.3) is 0 Å². The fourth-order valence-corrected chi connectivity index (χ4v) is 5.65. The number of ether oxygens (including phenoxy) is 3. The third-order valence-electron chi connectivity index (χ3n) is 6.08. The Bertz CT molecular complexity index is 808. The minimum Gasteiger partial charge on any atom is -0.379 e. The molecular weight excluding hydrogens is 408 g/mol. The lowest BCUT2D eigenvalue weighted by molar-refractivity contribution is -0.136. The average molecular weight is 439 g/mol. The Labute approximate surface area is 178 Å². The molecule has 1 amide bonds. The van der Waals surface area contributed by atoms with Crippen LogP contribution in [0.5, 0.6) is 0 Å². The Morgan fingerprint density at radius 3 is 2.20 bits per heavy atom. The first kappa shape index (κ1) is 21.7. The fourth-order valence-electron chi connectivity index (χ4n) is 4.24. The molecule has 0 N–H and O–H groups in total. The summed E-state index contributed by atoms with van der Waals surface area (Å²) in [6.07, 6.45) is 2.74. The first-order valence-corrected chi connectivity index (χ1v) is 12.2. The van der Waals surface area contributed by atoms with Crippen LogP contribution in [-0.4, -0.2) is 82.4 Å². The lowest BCUT2D eigenvalue weighted by atomic mass is 9.95. The lowest BCUT2D eigenvalue weighted by Crippen LogP contribution is -2.41. The van der Waals surface area contributed by atoms with Crippen molar-refractivity contribution >= 4 is 15.9 Å². The molecule has 0 saturated carbocycles. The topological polar surface area (TPSA) is 85.4 Å². The minimum atomic E-state index is -3.48. The molecule has 3 aliphatic rings. The summed E-state index contributed by atoms with van der Waals surface area (Å²) in [5.41, 5.74) is 0.965. The summed E-state index contributed by atoms with van der Waals surface area (Å²) < 4.78 is 43.2. The maximum Gasteiger partial charge on any atom is 0.243 e. The van der Waals surface area contributed by atoms with Crippen LogP contribution in [0, 0.1) is 5.92 Å². The molecule has 0 spiro atoms. The first-order chi connectivity index (χ1) is 14.5. The number of likely N-dealkylation sites (tertiary alicyclic amines) is 1. The van der Waals surface area contributed by atoms with Gasteiger partial charge in [-0.1, -0.05) is 12.1 Å². The molecule has 0 unspecified atom stereocenters. The van der Waals surface area contributed by atoms with E-state index in [9.17, 15) is 13.2 Å². The van der Waals surface area contributed by atoms with Crippen LogP contribution in [0.2, 0.25) is 0 Å². The van der Waals surface area contributed by atoms with Gasteiger partial charge in [0, 0.05) is 38.5 Å². The van der Waals surface area contributed by atoms with Gasteiger partial charge in [0.05, 0.1) is 31.3 Å². The zero-order chi connectivity index (χ0) is 21.0. The molecule has 1 aromatic rings. The maximum atomic E-state index is 12.7. The van der Waals surface area contributed by atoms with E-state index in [-0.39, 0.29) is 17.1 Å². The number of carbonyl (C=O) groups is 1. The number of rotatable bonds is 6. The Hall–Kier alpha value is -1.52. The van der Waals surface area contributed by atoms with E-state index in [1.54, 1.807) is 12.1 Å². The van der Waals surface area contributed by atoms with Crippen molar-refractivity contribution < 1.29 is 27.4 Å². The van der Waals surface area contributed by atoms with Gasteiger partial charge in [0.1, 0.15) is 0 Å². The molecule has 0 radical (unpaired) electrons. The Morgan fingerprint density at radius 1 is 0.933 bits per heavy atom. The molecule has 9 heteroatoms. The van der Waals surface area contributed by atoms with Gasteiger partial charge >= 0.3 is 0 Å². The Balaban J connectivity index is 1.25. The summed E-state index contributed by atoms with van der Waals surface area (Å²) in [4.78, 5) is 14.8. The number of piperidine rings is 1. The van der Waals surface area contributed by atoms with Gasteiger partial charge in [-0.2, -0.15) is 4.31 Å². The second-order valence-corrected chi connectivity index (χ2v) is 9.93. The molecule has 3 saturated heterocycles. The van der Waals surface area contributed by atoms with Gasteiger partial charge in [-0.05, 0) is 37.0 Å². The number of carbonyl (C=O) groups excluding carboxylic acids is 1. The molecule has 166 valence electrons. The third-order valence-corrected chi connectivity index (χ3v) is 8.00. The minimum absolute atomic E-state index is 0.102. The van der Waals surface area contributed by atoms with E-state index in [0.717, 1.165) is 31.5 Å². The quantitative estimate of drug-likeness (QED) is 0.665. The SMILES string of the molecule is O=C(CCc1ccc(S(=O)(=O)N2CCOCC2)cc1)N1CCC(C2OCCO2)CC1. The van der Waals surface area contributed by atoms with Crippen LogP contribution in [0.15, 0.2) is 29.2 Å². The Morgan fingerprint density at radius 2 is 1.57 bits per heavy atom. The van der Waals surface area contributed by atoms with Crippen molar-refractivity contribution in [2.24, 2.45) is 5.92 Å². The summed E-state index contributed by atoms with van der Waals surface area (Å²) in [6, 6.07) is 6.89. The third kappa shape index (κ3) is 5.03. The Kier molecular flexibility index (Phi) is 7.05. The molecule has 0 aliphatic carbocycles. The molecule has 0 aromatic heterocycles. The fraction of sp³-hybridized carbons (Fsp3) is 0.667. The van der Waals surface area contributed by atoms with Gasteiger partial charge in [0.25, 0.3) is 0 Å². The van der Waals surface area contributed by atoms with E-state index in [2.05, 4.69) is 0 Å². The monoisotopic (exact) mass is 438 g/mol. The molecular formula is C21H30N2O6S. The molecule has 3 heterocycles. The predicted octanol–water partition coefficient (Wildman–Crippen LogP) is 1.25. The molecule has 0 bridgehead atoms. The average Bonchev–Trinajstić information content (AvgIpc) is 3.33. The van der Waals surface area contributed by atoms with Crippen LogP contribution in [-0.2, 0) is 35.4 Å². The van der Waals surface area contributed by atoms with Gasteiger partial charge in [0.15, 0.2) is 6.29 Å². The number of hydrogen-bond acceptors (Lipinski definition) is 6. The summed E-state index contributed by atoms with van der Waals surface area (Å²) in [5.74, 6) is 0.518. The molecule has 3 aliphatic heterocycles. The van der Waals surface area contributed by atoms with E-state index in [1.165, 1.54) is 4.31 Å². The van der Waals surface area contributed by atoms with Gasteiger partial charge in [0.2, 0.25) is 15.9 Å². The van der Waals surface area contributed by atoms with E-state index in [4.69, 9.17) is 14.2 Å². The van der Waals surface area contributed by atoms with Crippen molar-refractivity contribution in [3.05, 3.63) is 29.8 Å². The van der Waals surface area contributed by atoms with Crippen molar-refractivity contribution in [2.75, 3.05) is 52.6 Å². The molecule has 3 fully saturated rings. The number of benzene rings is 1. The van der Waals surface area contributed by atoms with E-state index >= 15 is 0 Å². The standard InChI is InChI=1S/C21H30N2O6S/c24-20(22-9-7-18(8-10-22)21-28-15-16-29-21)6-3-17-1-4-19(5-2-17)30(25,26)23-11-13-27-14-12-23/h1-2,4-5,18,21H,3,6-16H2. The predicted molar refractivity (Wildman–Crippen MR) is 109 cm³/mol. The highest BCUT2D eigenvalue weighted by atomic mass is 32.2. The summed E-state index contributed by atoms with van der Waals surface area (Å²) in [5, 5.41) is 0. The lowest BCUT2D eigenvalue weighted by Gasteiger charge is -2.34. The smallest absolute Gasteiger partial charge is 0.243 e. The van der Waals surface area contributed by atoms with Crippen molar-refractivity contribution in [2.45, 2.75) is 36.9 Å². The van der Waals surface area contributed by atoms with Gasteiger partial charge in [-0.15, -0.1) is 0 Å². The molecule has 4 rings (SSSR count). The van der Waals surface area contributed by atoms with Crippen LogP contribution < -0.4 is 0 Å². The number of morpholine rings is 1. The second kappa shape index (κ2) is 9.74. The largest absolute Gasteiger partial charge is 0.379 e. The highest BCUT2D eigenvalue weighted by Gasteiger charge is 2.31. The summed E-state index contributed by atoms with van der Waals surface area (Å²) in [7, 11) is -3.48. The maximum absolute atomic E-state index is 12.7. The molecule has 30 heavy (non-hydrogen) atoms. The van der Waals surface area contributed by atoms with Crippen molar-refractivity contribution in [3.8, 4) is 0 Å². The van der Waals surface area contributed by atoms with Crippen LogP contribution in [0.1, 0.15) is 24.8 Å². The number of hydrogen-bond donors (Lipinski definition) is 0. The zero-order valence-electron chi connectivity index (χ0n) is 17.2. The van der Waals surface area contributed by atoms with E-state index in [0.29, 0.717) is 58.3 Å². The van der Waals surface area contributed by atoms with E-state index in [1.807, 2.05) is 17.0 Å². The molecule has 0 atom stereocenters. The molecule has 1 aromatic carbocycles. The number of aryl methyl sites for hydroxylation is 1. The number of nitrogens with zero attached hydrogens (tertiary/aromatic N) is 2. The second-order valence-electron chi connectivity index (χ2n) is 7.99. The highest BCUT2D eigenvalue weighted by molar-refractivity contribution is 7.89. The summed E-state index contributed by atoms with van der Waals surface area (Å²) in [6.45, 7) is 4.43. The van der Waals surface area contributed by atoms with Gasteiger partial charge in [-0.25, -0.2) is 8.42 Å². The van der Waals surface area contributed by atoms with Crippen LogP contribution >= 0.6 is 0 Å². The van der Waals surface area contributed by atoms with Crippen molar-refractivity contribution in [1.82, 2.24) is 9.21 Å². The van der Waals surface area contributed by atoms with Crippen molar-refractivity contribution in [1.29, 1.82) is 0 Å². The molecule has 8 nitrogen and oxygen atoms in total. The zero-order valence-corrected chi connectivity index (χ0v) is 18.0. The van der Waals surface area contributed by atoms with Gasteiger partial charge < -0.3 is 19.1 Å². The van der Waals surface area contributed by atoms with Gasteiger partial charge in [-0.3, -0.25) is 4.79 Å². The normalized spacial score (nSPS) is 22.5. The van der Waals surface area contributed by atoms with E-state index < -0.39 is 10.0 Å². The van der Waals surface area contributed by atoms with Crippen molar-refractivity contribution in [3.63, 3.8) is 0 Å². The first-order valence-electron chi connectivity index (χ1n) is 10.7.